The zero-order chi connectivity index (χ0) is 25.9. The summed E-state index contributed by atoms with van der Waals surface area (Å²) in [6, 6.07) is 5.94. The number of aliphatic hydroxyl groups is 1. The Balaban J connectivity index is 1.67. The van der Waals surface area contributed by atoms with Gasteiger partial charge in [0.05, 0.1) is 24.5 Å². The number of likely N-dealkylation sites (tertiary alicyclic amines) is 1. The maximum absolute atomic E-state index is 14.2. The molecule has 194 valence electrons. The fourth-order valence-corrected chi connectivity index (χ4v) is 6.02. The number of hydrogen-bond donors (Lipinski definition) is 1. The molecule has 1 aromatic carbocycles. The van der Waals surface area contributed by atoms with Gasteiger partial charge in [-0.15, -0.1) is 13.2 Å². The van der Waals surface area contributed by atoms with Crippen LogP contribution in [0, 0.1) is 11.8 Å². The molecule has 2 unspecified atom stereocenters. The molecule has 3 fully saturated rings. The number of unbranched alkanes of at least 4 members (excludes halogenated alkanes) is 1. The zero-order valence-corrected chi connectivity index (χ0v) is 21.1. The molecule has 3 saturated heterocycles. The molecule has 5 atom stereocenters. The molecule has 2 bridgehead atoms. The van der Waals surface area contributed by atoms with Crippen LogP contribution in [0.5, 0.6) is 0 Å². The number of allylic oxidation sites excluding steroid dienone is 1. The molecule has 9 heteroatoms. The summed E-state index contributed by atoms with van der Waals surface area (Å²) in [5.41, 5.74) is -0.505. The lowest BCUT2D eigenvalue weighted by Crippen LogP contribution is -2.56. The molecule has 0 saturated carbocycles. The number of fused-ring (bicyclic) bond motifs is 1. The van der Waals surface area contributed by atoms with Gasteiger partial charge >= 0.3 is 5.97 Å². The predicted molar refractivity (Wildman–Crippen MR) is 135 cm³/mol. The topological polar surface area (TPSA) is 96.4 Å². The first-order valence-electron chi connectivity index (χ1n) is 12.4. The number of aliphatic hydroxyl groups excluding tert-OH is 1. The number of rotatable bonds is 12. The van der Waals surface area contributed by atoms with Crippen LogP contribution in [0.3, 0.4) is 0 Å². The van der Waals surface area contributed by atoms with E-state index in [-0.39, 0.29) is 38.1 Å². The highest BCUT2D eigenvalue weighted by Crippen LogP contribution is 2.58. The van der Waals surface area contributed by atoms with Gasteiger partial charge in [0.25, 0.3) is 5.91 Å². The predicted octanol–water partition coefficient (Wildman–Crippen LogP) is 3.13. The van der Waals surface area contributed by atoms with Crippen molar-refractivity contribution in [2.45, 2.75) is 49.9 Å². The van der Waals surface area contributed by atoms with Gasteiger partial charge in [-0.3, -0.25) is 14.4 Å². The van der Waals surface area contributed by atoms with E-state index < -0.39 is 35.6 Å². The lowest BCUT2D eigenvalue weighted by atomic mass is 9.70. The van der Waals surface area contributed by atoms with Gasteiger partial charge in [-0.2, -0.15) is 0 Å². The SMILES string of the molecule is C=CCCCOC(=O)[C@@H]1[C@@H]2CCC3(O2)C(C(=O)N(CC=C)c2ccc(Cl)cc2)N(CCCO)C(=O)[C@H]13. The molecule has 1 aromatic rings. The van der Waals surface area contributed by atoms with E-state index in [4.69, 9.17) is 21.1 Å². The summed E-state index contributed by atoms with van der Waals surface area (Å²) < 4.78 is 11.9. The third-order valence-corrected chi connectivity index (χ3v) is 7.63. The Morgan fingerprint density at radius 3 is 2.67 bits per heavy atom. The minimum atomic E-state index is -1.12. The Morgan fingerprint density at radius 2 is 2.00 bits per heavy atom. The molecule has 0 aromatic heterocycles. The minimum absolute atomic E-state index is 0.131. The lowest BCUT2D eigenvalue weighted by molar-refractivity contribution is -0.155. The lowest BCUT2D eigenvalue weighted by Gasteiger charge is -2.36. The Morgan fingerprint density at radius 1 is 1.25 bits per heavy atom. The summed E-state index contributed by atoms with van der Waals surface area (Å²) in [4.78, 5) is 44.1. The summed E-state index contributed by atoms with van der Waals surface area (Å²) in [7, 11) is 0. The highest BCUT2D eigenvalue weighted by Gasteiger charge is 2.75. The first kappa shape index (κ1) is 26.4. The molecule has 2 amide bonds. The average molecular weight is 517 g/mol. The van der Waals surface area contributed by atoms with Gasteiger partial charge in [-0.1, -0.05) is 23.8 Å². The number of hydrogen-bond acceptors (Lipinski definition) is 6. The second kappa shape index (κ2) is 11.2. The van der Waals surface area contributed by atoms with Crippen LogP contribution in [-0.2, 0) is 23.9 Å². The van der Waals surface area contributed by atoms with Crippen LogP contribution in [-0.4, -0.2) is 71.8 Å². The molecule has 4 rings (SSSR count). The van der Waals surface area contributed by atoms with Gasteiger partial charge in [0.15, 0.2) is 0 Å². The molecular formula is C27H33ClN2O6. The molecule has 36 heavy (non-hydrogen) atoms. The summed E-state index contributed by atoms with van der Waals surface area (Å²) in [6.45, 7) is 7.98. The van der Waals surface area contributed by atoms with Gasteiger partial charge in [0.2, 0.25) is 5.91 Å². The number of ether oxygens (including phenoxy) is 2. The third kappa shape index (κ3) is 4.58. The largest absolute Gasteiger partial charge is 0.465 e. The molecule has 3 aliphatic rings. The van der Waals surface area contributed by atoms with Crippen molar-refractivity contribution in [2.75, 3.05) is 31.2 Å². The number of amides is 2. The van der Waals surface area contributed by atoms with Crippen LogP contribution in [0.1, 0.15) is 32.1 Å². The molecule has 3 heterocycles. The quantitative estimate of drug-likeness (QED) is 0.260. The van der Waals surface area contributed by atoms with Gasteiger partial charge in [-0.05, 0) is 56.4 Å². The summed E-state index contributed by atoms with van der Waals surface area (Å²) in [5, 5.41) is 10.0. The number of esters is 1. The standard InChI is InChI=1S/C27H33ClN2O6/c1-3-5-6-17-35-26(34)21-20-12-13-27(36-20)22(21)24(32)30(15-7-16-31)23(27)25(33)29(14-4-2)19-10-8-18(28)9-11-19/h3-4,8-11,20-23,31H,1-2,5-7,12-17H2/t20-,21+,22-,23?,27?/m0/s1. The van der Waals surface area contributed by atoms with Gasteiger partial charge < -0.3 is 24.4 Å². The zero-order valence-electron chi connectivity index (χ0n) is 20.3. The van der Waals surface area contributed by atoms with Gasteiger partial charge in [0, 0.05) is 30.4 Å². The maximum Gasteiger partial charge on any atom is 0.312 e. The molecule has 0 aliphatic carbocycles. The number of carbonyl (C=O) groups is 3. The van der Waals surface area contributed by atoms with Crippen molar-refractivity contribution >= 4 is 35.1 Å². The van der Waals surface area contributed by atoms with E-state index in [1.54, 1.807) is 41.3 Å². The van der Waals surface area contributed by atoms with E-state index in [0.717, 1.165) is 6.42 Å². The van der Waals surface area contributed by atoms with Crippen LogP contribution in [0.2, 0.25) is 5.02 Å². The Hall–Kier alpha value is -2.68. The van der Waals surface area contributed by atoms with Crippen LogP contribution in [0.15, 0.2) is 49.6 Å². The van der Waals surface area contributed by atoms with E-state index in [0.29, 0.717) is 36.4 Å². The molecule has 1 N–H and O–H groups in total. The number of benzene rings is 1. The number of nitrogens with zero attached hydrogens (tertiary/aromatic N) is 2. The highest BCUT2D eigenvalue weighted by atomic mass is 35.5. The summed E-state index contributed by atoms with van der Waals surface area (Å²) in [5.74, 6) is -2.63. The first-order chi connectivity index (χ1) is 17.4. The van der Waals surface area contributed by atoms with Crippen molar-refractivity contribution in [3.8, 4) is 0 Å². The van der Waals surface area contributed by atoms with Gasteiger partial charge in [0.1, 0.15) is 11.6 Å². The Kier molecular flexibility index (Phi) is 8.17. The van der Waals surface area contributed by atoms with Crippen molar-refractivity contribution in [1.29, 1.82) is 0 Å². The van der Waals surface area contributed by atoms with Crippen molar-refractivity contribution in [3.63, 3.8) is 0 Å². The van der Waals surface area contributed by atoms with Crippen LogP contribution >= 0.6 is 11.6 Å². The summed E-state index contributed by atoms with van der Waals surface area (Å²) >= 11 is 6.05. The van der Waals surface area contributed by atoms with E-state index in [1.165, 1.54) is 4.90 Å². The van der Waals surface area contributed by atoms with Crippen molar-refractivity contribution in [3.05, 3.63) is 54.6 Å². The molecule has 1 spiro atoms. The van der Waals surface area contributed by atoms with E-state index in [2.05, 4.69) is 13.2 Å². The fourth-order valence-electron chi connectivity index (χ4n) is 5.90. The Labute approximate surface area is 216 Å². The van der Waals surface area contributed by atoms with E-state index in [1.807, 2.05) is 0 Å². The molecule has 0 radical (unpaired) electrons. The minimum Gasteiger partial charge on any atom is -0.465 e. The number of anilines is 1. The molecule has 8 nitrogen and oxygen atoms in total. The molecular weight excluding hydrogens is 484 g/mol. The second-order valence-corrected chi connectivity index (χ2v) is 9.91. The monoisotopic (exact) mass is 516 g/mol. The maximum atomic E-state index is 14.2. The molecule has 3 aliphatic heterocycles. The van der Waals surface area contributed by atoms with Crippen LogP contribution < -0.4 is 4.90 Å². The smallest absolute Gasteiger partial charge is 0.312 e. The number of carbonyl (C=O) groups excluding carboxylic acids is 3. The normalized spacial score (nSPS) is 28.2. The van der Waals surface area contributed by atoms with Crippen molar-refractivity contribution in [1.82, 2.24) is 4.90 Å². The summed E-state index contributed by atoms with van der Waals surface area (Å²) in [6.07, 6.45) is 5.64. The van der Waals surface area contributed by atoms with Crippen LogP contribution in [0.25, 0.3) is 0 Å². The van der Waals surface area contributed by atoms with Gasteiger partial charge in [-0.25, -0.2) is 0 Å². The van der Waals surface area contributed by atoms with Crippen molar-refractivity contribution < 1.29 is 29.0 Å². The average Bonchev–Trinajstić information content (AvgIpc) is 3.51. The van der Waals surface area contributed by atoms with E-state index >= 15 is 0 Å². The van der Waals surface area contributed by atoms with Crippen molar-refractivity contribution in [2.24, 2.45) is 11.8 Å². The third-order valence-electron chi connectivity index (χ3n) is 7.38. The van der Waals surface area contributed by atoms with Crippen LogP contribution in [0.4, 0.5) is 5.69 Å². The Bertz CT molecular complexity index is 1010. The highest BCUT2D eigenvalue weighted by molar-refractivity contribution is 6.30. The second-order valence-electron chi connectivity index (χ2n) is 9.48. The fraction of sp³-hybridized carbons (Fsp3) is 0.519. The van der Waals surface area contributed by atoms with E-state index in [9.17, 15) is 19.5 Å². The number of halogens is 1. The first-order valence-corrected chi connectivity index (χ1v) is 12.8.